The number of aryl methyl sites for hydroxylation is 1. The first kappa shape index (κ1) is 18.6. The van der Waals surface area contributed by atoms with Gasteiger partial charge >= 0.3 is 0 Å². The van der Waals surface area contributed by atoms with Gasteiger partial charge in [-0.05, 0) is 51.1 Å². The average Bonchev–Trinajstić information content (AvgIpc) is 2.46. The second kappa shape index (κ2) is 7.21. The first-order chi connectivity index (χ1) is 10.1. The van der Waals surface area contributed by atoms with Crippen LogP contribution in [0.4, 0.5) is 0 Å². The maximum Gasteiger partial charge on any atom is 0.251 e. The van der Waals surface area contributed by atoms with Crippen LogP contribution in [-0.4, -0.2) is 52.4 Å². The van der Waals surface area contributed by atoms with Crippen molar-refractivity contribution < 1.29 is 13.2 Å². The van der Waals surface area contributed by atoms with Crippen LogP contribution in [0.5, 0.6) is 0 Å². The highest BCUT2D eigenvalue weighted by Crippen LogP contribution is 2.23. The molecule has 1 rings (SSSR count). The van der Waals surface area contributed by atoms with Gasteiger partial charge in [0.2, 0.25) is 10.0 Å². The van der Waals surface area contributed by atoms with Gasteiger partial charge in [0.25, 0.3) is 5.91 Å². The third kappa shape index (κ3) is 4.06. The summed E-state index contributed by atoms with van der Waals surface area (Å²) in [7, 11) is 1.19. The van der Waals surface area contributed by atoms with Gasteiger partial charge in [0.15, 0.2) is 0 Å². The number of hydrogen-bond donors (Lipinski definition) is 2. The van der Waals surface area contributed by atoms with Gasteiger partial charge in [0.05, 0.1) is 4.90 Å². The van der Waals surface area contributed by atoms with E-state index in [1.165, 1.54) is 20.2 Å². The van der Waals surface area contributed by atoms with Crippen molar-refractivity contribution in [2.75, 3.05) is 27.7 Å². The Bertz CT molecular complexity index is 654. The molecule has 0 heterocycles. The maximum atomic E-state index is 12.4. The number of sulfonamides is 1. The molecule has 1 atom stereocenters. The van der Waals surface area contributed by atoms with E-state index in [-0.39, 0.29) is 16.8 Å². The minimum Gasteiger partial charge on any atom is -0.350 e. The standard InChI is InChI=1S/C15H25N3O3S/c1-10-7-13(15(19)17-9-11(2)16-4)8-14(12(10)3)22(20,21)18(5)6/h7-8,11,16H,9H2,1-6H3,(H,17,19). The Morgan fingerprint density at radius 3 is 2.36 bits per heavy atom. The lowest BCUT2D eigenvalue weighted by Gasteiger charge is -2.17. The molecule has 0 aliphatic carbocycles. The molecule has 1 aromatic carbocycles. The van der Waals surface area contributed by atoms with Crippen molar-refractivity contribution in [2.45, 2.75) is 31.7 Å². The molecular formula is C15H25N3O3S. The van der Waals surface area contributed by atoms with Crippen molar-refractivity contribution in [3.05, 3.63) is 28.8 Å². The molecular weight excluding hydrogens is 302 g/mol. The van der Waals surface area contributed by atoms with E-state index in [0.29, 0.717) is 17.7 Å². The van der Waals surface area contributed by atoms with E-state index in [0.717, 1.165) is 9.87 Å². The van der Waals surface area contributed by atoms with Gasteiger partial charge in [0.1, 0.15) is 0 Å². The van der Waals surface area contributed by atoms with Crippen LogP contribution >= 0.6 is 0 Å². The van der Waals surface area contributed by atoms with Crippen LogP contribution in [0.3, 0.4) is 0 Å². The van der Waals surface area contributed by atoms with Crippen molar-refractivity contribution in [1.29, 1.82) is 0 Å². The number of carbonyl (C=O) groups is 1. The molecule has 0 fully saturated rings. The van der Waals surface area contributed by atoms with Gasteiger partial charge < -0.3 is 10.6 Å². The van der Waals surface area contributed by atoms with E-state index in [2.05, 4.69) is 10.6 Å². The molecule has 22 heavy (non-hydrogen) atoms. The quantitative estimate of drug-likeness (QED) is 0.813. The Kier molecular flexibility index (Phi) is 6.10. The van der Waals surface area contributed by atoms with Crippen LogP contribution in [-0.2, 0) is 10.0 Å². The zero-order valence-electron chi connectivity index (χ0n) is 14.0. The molecule has 2 N–H and O–H groups in total. The molecule has 0 bridgehead atoms. The Morgan fingerprint density at radius 2 is 1.86 bits per heavy atom. The summed E-state index contributed by atoms with van der Waals surface area (Å²) in [5.74, 6) is -0.277. The van der Waals surface area contributed by atoms with E-state index in [9.17, 15) is 13.2 Å². The van der Waals surface area contributed by atoms with Gasteiger partial charge in [-0.25, -0.2) is 12.7 Å². The molecule has 1 aromatic rings. The Morgan fingerprint density at radius 1 is 1.27 bits per heavy atom. The minimum atomic E-state index is -3.58. The van der Waals surface area contributed by atoms with Crippen LogP contribution in [0.15, 0.2) is 17.0 Å². The van der Waals surface area contributed by atoms with Crippen molar-refractivity contribution in [3.63, 3.8) is 0 Å². The second-order valence-corrected chi connectivity index (χ2v) is 7.72. The summed E-state index contributed by atoms with van der Waals surface area (Å²) in [5, 5.41) is 5.82. The number of likely N-dealkylation sites (N-methyl/N-ethyl adjacent to an activating group) is 1. The third-order valence-electron chi connectivity index (χ3n) is 3.70. The summed E-state index contributed by atoms with van der Waals surface area (Å²) in [6.07, 6.45) is 0. The lowest BCUT2D eigenvalue weighted by Crippen LogP contribution is -2.37. The molecule has 1 amide bonds. The number of nitrogens with zero attached hydrogens (tertiary/aromatic N) is 1. The fourth-order valence-corrected chi connectivity index (χ4v) is 3.09. The molecule has 0 radical (unpaired) electrons. The monoisotopic (exact) mass is 327 g/mol. The van der Waals surface area contributed by atoms with E-state index in [4.69, 9.17) is 0 Å². The molecule has 7 heteroatoms. The predicted molar refractivity (Wildman–Crippen MR) is 87.6 cm³/mol. The van der Waals surface area contributed by atoms with Gasteiger partial charge in [-0.15, -0.1) is 0 Å². The van der Waals surface area contributed by atoms with Gasteiger partial charge in [0, 0.05) is 32.2 Å². The number of hydrogen-bond acceptors (Lipinski definition) is 4. The number of rotatable bonds is 6. The molecule has 0 saturated heterocycles. The zero-order chi connectivity index (χ0) is 17.1. The summed E-state index contributed by atoms with van der Waals surface area (Å²) < 4.78 is 25.9. The molecule has 0 aliphatic rings. The van der Waals surface area contributed by atoms with Crippen molar-refractivity contribution >= 4 is 15.9 Å². The largest absolute Gasteiger partial charge is 0.350 e. The van der Waals surface area contributed by atoms with E-state index >= 15 is 0 Å². The second-order valence-electron chi connectivity index (χ2n) is 5.60. The normalized spacial score (nSPS) is 13.2. The van der Waals surface area contributed by atoms with Crippen molar-refractivity contribution in [1.82, 2.24) is 14.9 Å². The summed E-state index contributed by atoms with van der Waals surface area (Å²) in [6.45, 7) is 5.97. The Hall–Kier alpha value is -1.44. The highest BCUT2D eigenvalue weighted by atomic mass is 32.2. The van der Waals surface area contributed by atoms with Crippen LogP contribution in [0.25, 0.3) is 0 Å². The highest BCUT2D eigenvalue weighted by Gasteiger charge is 2.22. The van der Waals surface area contributed by atoms with Crippen LogP contribution < -0.4 is 10.6 Å². The fourth-order valence-electron chi connectivity index (χ4n) is 1.87. The topological polar surface area (TPSA) is 78.5 Å². The van der Waals surface area contributed by atoms with E-state index in [1.54, 1.807) is 19.9 Å². The number of benzene rings is 1. The molecule has 0 aliphatic heterocycles. The summed E-state index contributed by atoms with van der Waals surface area (Å²) in [5.41, 5.74) is 1.79. The van der Waals surface area contributed by atoms with Crippen molar-refractivity contribution in [3.8, 4) is 0 Å². The Balaban J connectivity index is 3.20. The number of amides is 1. The molecule has 124 valence electrons. The number of nitrogens with one attached hydrogen (secondary N) is 2. The molecule has 0 aromatic heterocycles. The summed E-state index contributed by atoms with van der Waals surface area (Å²) in [4.78, 5) is 12.4. The molecule has 0 saturated carbocycles. The predicted octanol–water partition coefficient (Wildman–Crippen LogP) is 0.891. The van der Waals surface area contributed by atoms with Gasteiger partial charge in [-0.1, -0.05) is 0 Å². The first-order valence-electron chi connectivity index (χ1n) is 7.10. The Labute approximate surface area is 132 Å². The van der Waals surface area contributed by atoms with Crippen LogP contribution in [0, 0.1) is 13.8 Å². The minimum absolute atomic E-state index is 0.139. The molecule has 6 nitrogen and oxygen atoms in total. The smallest absolute Gasteiger partial charge is 0.251 e. The lowest BCUT2D eigenvalue weighted by atomic mass is 10.1. The average molecular weight is 327 g/mol. The lowest BCUT2D eigenvalue weighted by molar-refractivity contribution is 0.0950. The van der Waals surface area contributed by atoms with Gasteiger partial charge in [-0.3, -0.25) is 4.79 Å². The maximum absolute atomic E-state index is 12.4. The van der Waals surface area contributed by atoms with Gasteiger partial charge in [-0.2, -0.15) is 0 Å². The zero-order valence-corrected chi connectivity index (χ0v) is 14.8. The van der Waals surface area contributed by atoms with E-state index < -0.39 is 10.0 Å². The highest BCUT2D eigenvalue weighted by molar-refractivity contribution is 7.89. The summed E-state index contributed by atoms with van der Waals surface area (Å²) in [6, 6.07) is 3.29. The van der Waals surface area contributed by atoms with E-state index in [1.807, 2.05) is 14.0 Å². The third-order valence-corrected chi connectivity index (χ3v) is 5.64. The molecule has 0 spiro atoms. The SMILES string of the molecule is CNC(C)CNC(=O)c1cc(C)c(C)c(S(=O)(=O)N(C)C)c1. The number of carbonyl (C=O) groups excluding carboxylic acids is 1. The first-order valence-corrected chi connectivity index (χ1v) is 8.54. The van der Waals surface area contributed by atoms with Crippen LogP contribution in [0.2, 0.25) is 0 Å². The summed E-state index contributed by atoms with van der Waals surface area (Å²) >= 11 is 0. The van der Waals surface area contributed by atoms with Crippen molar-refractivity contribution in [2.24, 2.45) is 0 Å². The molecule has 1 unspecified atom stereocenters. The fraction of sp³-hybridized carbons (Fsp3) is 0.533. The van der Waals surface area contributed by atoms with Crippen LogP contribution in [0.1, 0.15) is 28.4 Å².